The smallest absolute Gasteiger partial charge is 0.373 e. The van der Waals surface area contributed by atoms with Gasteiger partial charge in [-0.3, -0.25) is 0 Å². The maximum Gasteiger partial charge on any atom is 0.373 e. The van der Waals surface area contributed by atoms with Gasteiger partial charge in [0.25, 0.3) is 0 Å². The summed E-state index contributed by atoms with van der Waals surface area (Å²) in [6, 6.07) is 5.75. The van der Waals surface area contributed by atoms with E-state index < -0.39 is 5.97 Å². The number of hydrogen-bond donors (Lipinski definition) is 1. The van der Waals surface area contributed by atoms with E-state index in [4.69, 9.17) is 9.52 Å². The summed E-state index contributed by atoms with van der Waals surface area (Å²) in [5.74, 6) is -0.803. The quantitative estimate of drug-likeness (QED) is 0.921. The first-order valence-electron chi connectivity index (χ1n) is 6.02. The van der Waals surface area contributed by atoms with Crippen molar-refractivity contribution in [1.29, 1.82) is 0 Å². The van der Waals surface area contributed by atoms with Crippen LogP contribution in [0.2, 0.25) is 0 Å². The van der Waals surface area contributed by atoms with Crippen molar-refractivity contribution in [1.82, 2.24) is 4.98 Å². The fourth-order valence-electron chi connectivity index (χ4n) is 1.83. The van der Waals surface area contributed by atoms with Crippen LogP contribution in [-0.4, -0.2) is 16.1 Å². The minimum Gasteiger partial charge on any atom is -0.475 e. The Hall–Kier alpha value is -1.62. The summed E-state index contributed by atoms with van der Waals surface area (Å²) in [5.41, 5.74) is 2.36. The maximum absolute atomic E-state index is 11.1. The number of aromatic nitrogens is 1. The summed E-state index contributed by atoms with van der Waals surface area (Å²) >= 11 is 3.45. The average Bonchev–Trinajstić information content (AvgIpc) is 2.73. The summed E-state index contributed by atoms with van der Waals surface area (Å²) in [4.78, 5) is 15.4. The van der Waals surface area contributed by atoms with Crippen molar-refractivity contribution in [3.8, 4) is 11.5 Å². The zero-order valence-electron chi connectivity index (χ0n) is 10.7. The van der Waals surface area contributed by atoms with E-state index in [0.717, 1.165) is 22.0 Å². The summed E-state index contributed by atoms with van der Waals surface area (Å²) in [5, 5.41) is 9.12. The highest BCUT2D eigenvalue weighted by molar-refractivity contribution is 9.10. The van der Waals surface area contributed by atoms with E-state index in [1.165, 1.54) is 0 Å². The van der Waals surface area contributed by atoms with Gasteiger partial charge >= 0.3 is 5.97 Å². The van der Waals surface area contributed by atoms with Crippen LogP contribution in [0.25, 0.3) is 11.5 Å². The largest absolute Gasteiger partial charge is 0.475 e. The number of benzene rings is 1. The molecule has 0 saturated heterocycles. The van der Waals surface area contributed by atoms with Gasteiger partial charge in [-0.15, -0.1) is 0 Å². The van der Waals surface area contributed by atoms with E-state index in [-0.39, 0.29) is 5.76 Å². The van der Waals surface area contributed by atoms with Gasteiger partial charge in [-0.2, -0.15) is 0 Å². The van der Waals surface area contributed by atoms with Crippen LogP contribution >= 0.6 is 15.9 Å². The lowest BCUT2D eigenvalue weighted by Crippen LogP contribution is -1.99. The second kappa shape index (κ2) is 5.57. The molecule has 0 fully saturated rings. The molecule has 2 rings (SSSR count). The van der Waals surface area contributed by atoms with Crippen molar-refractivity contribution in [2.45, 2.75) is 26.7 Å². The van der Waals surface area contributed by atoms with Crippen LogP contribution in [0, 0.1) is 6.92 Å². The molecule has 0 spiro atoms. The van der Waals surface area contributed by atoms with Gasteiger partial charge in [0.05, 0.1) is 11.3 Å². The lowest BCUT2D eigenvalue weighted by molar-refractivity contribution is 0.0661. The molecule has 1 heterocycles. The van der Waals surface area contributed by atoms with Crippen LogP contribution in [0.3, 0.4) is 0 Å². The zero-order chi connectivity index (χ0) is 14.0. The van der Waals surface area contributed by atoms with E-state index in [0.29, 0.717) is 18.0 Å². The molecule has 0 aliphatic carbocycles. The van der Waals surface area contributed by atoms with Gasteiger partial charge in [-0.25, -0.2) is 9.78 Å². The van der Waals surface area contributed by atoms with Crippen molar-refractivity contribution in [3.05, 3.63) is 39.7 Å². The van der Waals surface area contributed by atoms with Crippen molar-refractivity contribution < 1.29 is 14.3 Å². The predicted octanol–water partition coefficient (Wildman–Crippen LogP) is 4.06. The molecule has 0 saturated carbocycles. The maximum atomic E-state index is 11.1. The monoisotopic (exact) mass is 323 g/mol. The third kappa shape index (κ3) is 2.87. The van der Waals surface area contributed by atoms with Gasteiger partial charge in [-0.1, -0.05) is 19.4 Å². The van der Waals surface area contributed by atoms with Crippen LogP contribution in [0.4, 0.5) is 0 Å². The summed E-state index contributed by atoms with van der Waals surface area (Å²) in [6.45, 7) is 3.96. The van der Waals surface area contributed by atoms with Crippen LogP contribution in [0.5, 0.6) is 0 Å². The lowest BCUT2D eigenvalue weighted by atomic mass is 10.1. The molecule has 1 N–H and O–H groups in total. The number of nitrogens with zero attached hydrogens (tertiary/aromatic N) is 1. The van der Waals surface area contributed by atoms with Crippen LogP contribution in [0.15, 0.2) is 27.1 Å². The van der Waals surface area contributed by atoms with E-state index in [2.05, 4.69) is 20.9 Å². The molecule has 19 heavy (non-hydrogen) atoms. The molecule has 0 atom stereocenters. The fourth-order valence-corrected chi connectivity index (χ4v) is 2.50. The minimum absolute atomic E-state index is 0.0654. The Kier molecular flexibility index (Phi) is 4.04. The molecule has 0 bridgehead atoms. The van der Waals surface area contributed by atoms with Crippen LogP contribution in [-0.2, 0) is 6.42 Å². The number of hydrogen-bond acceptors (Lipinski definition) is 3. The molecule has 0 unspecified atom stereocenters. The van der Waals surface area contributed by atoms with Crippen molar-refractivity contribution >= 4 is 21.9 Å². The van der Waals surface area contributed by atoms with Crippen LogP contribution in [0.1, 0.15) is 35.2 Å². The normalized spacial score (nSPS) is 10.7. The lowest BCUT2D eigenvalue weighted by Gasteiger charge is -2.00. The van der Waals surface area contributed by atoms with Crippen LogP contribution < -0.4 is 0 Å². The summed E-state index contributed by atoms with van der Waals surface area (Å²) in [6.07, 6.45) is 1.41. The molecule has 100 valence electrons. The molecular formula is C14H14BrNO3. The van der Waals surface area contributed by atoms with E-state index in [1.54, 1.807) is 0 Å². The average molecular weight is 324 g/mol. The Morgan fingerprint density at radius 2 is 2.21 bits per heavy atom. The number of halogens is 1. The van der Waals surface area contributed by atoms with Gasteiger partial charge < -0.3 is 9.52 Å². The van der Waals surface area contributed by atoms with Gasteiger partial charge in [0.1, 0.15) is 0 Å². The van der Waals surface area contributed by atoms with Gasteiger partial charge in [0, 0.05) is 4.47 Å². The first-order chi connectivity index (χ1) is 9.02. The number of oxazole rings is 1. The highest BCUT2D eigenvalue weighted by Gasteiger charge is 2.20. The van der Waals surface area contributed by atoms with E-state index >= 15 is 0 Å². The highest BCUT2D eigenvalue weighted by Crippen LogP contribution is 2.30. The van der Waals surface area contributed by atoms with Gasteiger partial charge in [-0.05, 0) is 47.0 Å². The Morgan fingerprint density at radius 3 is 2.79 bits per heavy atom. The number of aromatic carboxylic acids is 1. The molecular weight excluding hydrogens is 310 g/mol. The number of aryl methyl sites for hydroxylation is 2. The molecule has 4 nitrogen and oxygen atoms in total. The van der Waals surface area contributed by atoms with Crippen molar-refractivity contribution in [2.75, 3.05) is 0 Å². The third-order valence-electron chi connectivity index (χ3n) is 2.73. The Bertz CT molecular complexity index is 619. The second-order valence-electron chi connectivity index (χ2n) is 4.33. The molecule has 0 aliphatic rings. The predicted molar refractivity (Wildman–Crippen MR) is 75.3 cm³/mol. The highest BCUT2D eigenvalue weighted by atomic mass is 79.9. The molecule has 5 heteroatoms. The number of rotatable bonds is 4. The molecule has 1 aromatic carbocycles. The number of carboxylic acid groups (broad SMARTS) is 1. The topological polar surface area (TPSA) is 63.3 Å². The SMILES string of the molecule is CCCc1nc(-c2ccc(C)cc2Br)oc1C(=O)O. The third-order valence-corrected chi connectivity index (χ3v) is 3.39. The first kappa shape index (κ1) is 13.8. The number of carboxylic acids is 1. The van der Waals surface area contributed by atoms with E-state index in [9.17, 15) is 4.79 Å². The molecule has 0 radical (unpaired) electrons. The van der Waals surface area contributed by atoms with E-state index in [1.807, 2.05) is 32.0 Å². The number of carbonyl (C=O) groups is 1. The minimum atomic E-state index is -1.08. The zero-order valence-corrected chi connectivity index (χ0v) is 12.3. The van der Waals surface area contributed by atoms with Crippen molar-refractivity contribution in [3.63, 3.8) is 0 Å². The molecule has 1 aromatic heterocycles. The Labute approximate surface area is 119 Å². The Balaban J connectivity index is 2.50. The van der Waals surface area contributed by atoms with Gasteiger partial charge in [0.2, 0.25) is 11.7 Å². The summed E-state index contributed by atoms with van der Waals surface area (Å²) in [7, 11) is 0. The fraction of sp³-hybridized carbons (Fsp3) is 0.286. The van der Waals surface area contributed by atoms with Gasteiger partial charge in [0.15, 0.2) is 0 Å². The molecule has 2 aromatic rings. The van der Waals surface area contributed by atoms with Crippen molar-refractivity contribution in [2.24, 2.45) is 0 Å². The Morgan fingerprint density at radius 1 is 1.47 bits per heavy atom. The summed E-state index contributed by atoms with van der Waals surface area (Å²) < 4.78 is 6.24. The molecule has 0 aliphatic heterocycles. The molecule has 0 amide bonds. The standard InChI is InChI=1S/C14H14BrNO3/c1-3-4-11-12(14(17)18)19-13(16-11)9-6-5-8(2)7-10(9)15/h5-7H,3-4H2,1-2H3,(H,17,18). The first-order valence-corrected chi connectivity index (χ1v) is 6.81. The second-order valence-corrected chi connectivity index (χ2v) is 5.19.